The fourth-order valence-corrected chi connectivity index (χ4v) is 2.88. The van der Waals surface area contributed by atoms with E-state index in [1.54, 1.807) is 0 Å². The second kappa shape index (κ2) is 7.59. The van der Waals surface area contributed by atoms with Gasteiger partial charge in [-0.05, 0) is 34.1 Å². The van der Waals surface area contributed by atoms with Crippen molar-refractivity contribution in [3.8, 4) is 16.2 Å². The van der Waals surface area contributed by atoms with E-state index >= 15 is 0 Å². The molecule has 0 aliphatic heterocycles. The number of benzene rings is 2. The molecule has 0 fully saturated rings. The summed E-state index contributed by atoms with van der Waals surface area (Å²) in [5.74, 6) is 0. The number of carbonyl (C=O) groups excluding carboxylic acids is 1. The Hall–Kier alpha value is -3.19. The molecule has 1 amide bonds. The van der Waals surface area contributed by atoms with Gasteiger partial charge < -0.3 is 10.1 Å². The summed E-state index contributed by atoms with van der Waals surface area (Å²) in [4.78, 5) is 21.8. The molecule has 1 N–H and O–H groups in total. The van der Waals surface area contributed by atoms with Crippen molar-refractivity contribution in [1.82, 2.24) is 5.32 Å². The third kappa shape index (κ3) is 4.42. The number of nitrogens with one attached hydrogen (secondary N) is 1. The van der Waals surface area contributed by atoms with Crippen LogP contribution in [0.2, 0.25) is 0 Å². The fourth-order valence-electron chi connectivity index (χ4n) is 2.21. The van der Waals surface area contributed by atoms with Crippen molar-refractivity contribution < 1.29 is 14.5 Å². The normalized spacial score (nSPS) is 10.2. The van der Waals surface area contributed by atoms with Gasteiger partial charge in [0.2, 0.25) is 0 Å². The molecule has 1 heterocycles. The highest BCUT2D eigenvalue weighted by Crippen LogP contribution is 2.30. The third-order valence-electron chi connectivity index (χ3n) is 3.44. The summed E-state index contributed by atoms with van der Waals surface area (Å²) in [7, 11) is 0. The van der Waals surface area contributed by atoms with Crippen LogP contribution in [0, 0.1) is 10.1 Å². The van der Waals surface area contributed by atoms with Gasteiger partial charge in [-0.2, -0.15) is 0 Å². The molecule has 0 saturated carbocycles. The molecule has 3 rings (SSSR count). The molecule has 0 unspecified atom stereocenters. The first kappa shape index (κ1) is 16.7. The minimum Gasteiger partial charge on any atom is -0.399 e. The van der Waals surface area contributed by atoms with Gasteiger partial charge >= 0.3 is 11.1 Å². The Morgan fingerprint density at radius 2 is 1.68 bits per heavy atom. The van der Waals surface area contributed by atoms with Gasteiger partial charge in [-0.1, -0.05) is 54.6 Å². The van der Waals surface area contributed by atoms with Gasteiger partial charge in [-0.3, -0.25) is 10.1 Å². The van der Waals surface area contributed by atoms with E-state index in [4.69, 9.17) is 4.74 Å². The Kier molecular flexibility index (Phi) is 5.06. The number of thiophene rings is 1. The lowest BCUT2D eigenvalue weighted by molar-refractivity contribution is -0.380. The highest BCUT2D eigenvalue weighted by atomic mass is 32.1. The highest BCUT2D eigenvalue weighted by Gasteiger charge is 2.13. The van der Waals surface area contributed by atoms with Crippen LogP contribution in [0.5, 0.6) is 5.06 Å². The third-order valence-corrected chi connectivity index (χ3v) is 4.35. The zero-order chi connectivity index (χ0) is 17.6. The molecule has 0 saturated heterocycles. The number of rotatable bonds is 5. The molecule has 7 heteroatoms. The fraction of sp³-hybridized carbons (Fsp3) is 0.0556. The minimum absolute atomic E-state index is 0.0701. The van der Waals surface area contributed by atoms with Crippen LogP contribution in [0.4, 0.5) is 9.80 Å². The molecular weight excluding hydrogens is 340 g/mol. The predicted octanol–water partition coefficient (Wildman–Crippen LogP) is 4.61. The summed E-state index contributed by atoms with van der Waals surface area (Å²) >= 11 is 0.808. The molecular formula is C18H14N2O4S. The molecule has 2 aromatic carbocycles. The Labute approximate surface area is 147 Å². The molecule has 126 valence electrons. The topological polar surface area (TPSA) is 81.5 Å². The van der Waals surface area contributed by atoms with E-state index in [2.05, 4.69) is 5.32 Å². The number of carbonyl (C=O) groups is 1. The Morgan fingerprint density at radius 3 is 2.32 bits per heavy atom. The Balaban J connectivity index is 1.54. The van der Waals surface area contributed by atoms with Gasteiger partial charge in [0.15, 0.2) is 5.06 Å². The van der Waals surface area contributed by atoms with Crippen molar-refractivity contribution >= 4 is 22.4 Å². The first-order valence-corrected chi connectivity index (χ1v) is 8.28. The quantitative estimate of drug-likeness (QED) is 0.536. The standard InChI is InChI=1S/C18H14N2O4S/c21-18(24-17-11-10-16(25-17)20(22)23)19-12-13-6-8-15(9-7-13)14-4-2-1-3-5-14/h1-11H,12H2,(H,19,21). The molecule has 0 atom stereocenters. The maximum atomic E-state index is 11.8. The number of hydrogen-bond donors (Lipinski definition) is 1. The molecule has 0 aliphatic carbocycles. The van der Waals surface area contributed by atoms with Gasteiger partial charge in [0.05, 0.1) is 4.92 Å². The van der Waals surface area contributed by atoms with Crippen LogP contribution in [0.1, 0.15) is 5.56 Å². The maximum Gasteiger partial charge on any atom is 0.413 e. The lowest BCUT2D eigenvalue weighted by Gasteiger charge is -2.06. The number of nitrogens with zero attached hydrogens (tertiary/aromatic N) is 1. The molecule has 0 radical (unpaired) electrons. The second-order valence-corrected chi connectivity index (χ2v) is 6.18. The number of ether oxygens (including phenoxy) is 1. The maximum absolute atomic E-state index is 11.8. The van der Waals surface area contributed by atoms with E-state index in [1.807, 2.05) is 54.6 Å². The first-order valence-electron chi connectivity index (χ1n) is 7.46. The van der Waals surface area contributed by atoms with Gasteiger partial charge in [0.1, 0.15) is 0 Å². The monoisotopic (exact) mass is 354 g/mol. The molecule has 0 spiro atoms. The van der Waals surface area contributed by atoms with Crippen molar-refractivity contribution in [1.29, 1.82) is 0 Å². The van der Waals surface area contributed by atoms with E-state index < -0.39 is 11.0 Å². The van der Waals surface area contributed by atoms with Crippen LogP contribution in [-0.4, -0.2) is 11.0 Å². The van der Waals surface area contributed by atoms with Crippen LogP contribution in [0.25, 0.3) is 11.1 Å². The molecule has 1 aromatic heterocycles. The van der Waals surface area contributed by atoms with Crippen molar-refractivity contribution in [3.05, 3.63) is 82.4 Å². The Bertz CT molecular complexity index is 876. The van der Waals surface area contributed by atoms with Crippen molar-refractivity contribution in [2.24, 2.45) is 0 Å². The molecule has 0 bridgehead atoms. The molecule has 3 aromatic rings. The zero-order valence-corrected chi connectivity index (χ0v) is 13.9. The summed E-state index contributed by atoms with van der Waals surface area (Å²) < 4.78 is 5.02. The molecule has 0 aliphatic rings. The zero-order valence-electron chi connectivity index (χ0n) is 13.0. The average molecular weight is 354 g/mol. The summed E-state index contributed by atoms with van der Waals surface area (Å²) in [5.41, 5.74) is 3.15. The number of nitro groups is 1. The summed E-state index contributed by atoms with van der Waals surface area (Å²) in [5, 5.41) is 13.3. The van der Waals surface area contributed by atoms with Crippen LogP contribution in [-0.2, 0) is 6.54 Å². The largest absolute Gasteiger partial charge is 0.413 e. The van der Waals surface area contributed by atoms with E-state index in [9.17, 15) is 14.9 Å². The van der Waals surface area contributed by atoms with E-state index in [1.165, 1.54) is 12.1 Å². The smallest absolute Gasteiger partial charge is 0.399 e. The lowest BCUT2D eigenvalue weighted by atomic mass is 10.0. The Morgan fingerprint density at radius 1 is 1.00 bits per heavy atom. The first-order chi connectivity index (χ1) is 12.1. The van der Waals surface area contributed by atoms with Crippen LogP contribution in [0.15, 0.2) is 66.7 Å². The SMILES string of the molecule is O=C(NCc1ccc(-c2ccccc2)cc1)Oc1ccc([N+](=O)[O-])s1. The number of hydrogen-bond acceptors (Lipinski definition) is 5. The highest BCUT2D eigenvalue weighted by molar-refractivity contribution is 7.17. The van der Waals surface area contributed by atoms with Crippen LogP contribution < -0.4 is 10.1 Å². The summed E-state index contributed by atoms with van der Waals surface area (Å²) in [6.45, 7) is 0.307. The van der Waals surface area contributed by atoms with E-state index in [-0.39, 0.29) is 10.1 Å². The van der Waals surface area contributed by atoms with Crippen LogP contribution in [0.3, 0.4) is 0 Å². The molecule has 25 heavy (non-hydrogen) atoms. The van der Waals surface area contributed by atoms with E-state index in [0.29, 0.717) is 6.54 Å². The van der Waals surface area contributed by atoms with Crippen LogP contribution >= 0.6 is 11.3 Å². The van der Waals surface area contributed by atoms with Gasteiger partial charge in [0, 0.05) is 12.6 Å². The molecule has 6 nitrogen and oxygen atoms in total. The second-order valence-electron chi connectivity index (χ2n) is 5.16. The van der Waals surface area contributed by atoms with Crippen molar-refractivity contribution in [2.75, 3.05) is 0 Å². The minimum atomic E-state index is -0.649. The van der Waals surface area contributed by atoms with Crippen molar-refractivity contribution in [2.45, 2.75) is 6.54 Å². The number of amides is 1. The lowest BCUT2D eigenvalue weighted by Crippen LogP contribution is -2.25. The average Bonchev–Trinajstić information content (AvgIpc) is 3.10. The van der Waals surface area contributed by atoms with Gasteiger partial charge in [-0.15, -0.1) is 0 Å². The van der Waals surface area contributed by atoms with Crippen molar-refractivity contribution in [3.63, 3.8) is 0 Å². The summed E-state index contributed by atoms with van der Waals surface area (Å²) in [6, 6.07) is 20.5. The van der Waals surface area contributed by atoms with Gasteiger partial charge in [-0.25, -0.2) is 4.79 Å². The van der Waals surface area contributed by atoms with Gasteiger partial charge in [0.25, 0.3) is 0 Å². The predicted molar refractivity (Wildman–Crippen MR) is 95.7 cm³/mol. The van der Waals surface area contributed by atoms with E-state index in [0.717, 1.165) is 28.0 Å². The summed E-state index contributed by atoms with van der Waals surface area (Å²) in [6.07, 6.45) is -0.649.